The molecule has 5 rings (SSSR count). The van der Waals surface area contributed by atoms with Gasteiger partial charge in [0.05, 0.1) is 18.0 Å². The van der Waals surface area contributed by atoms with E-state index in [9.17, 15) is 4.39 Å². The molecule has 2 heterocycles. The van der Waals surface area contributed by atoms with Crippen LogP contribution in [0.4, 0.5) is 10.1 Å². The van der Waals surface area contributed by atoms with Gasteiger partial charge < -0.3 is 10.5 Å². The van der Waals surface area contributed by atoms with Crippen LogP contribution in [0.3, 0.4) is 0 Å². The van der Waals surface area contributed by atoms with Crippen LogP contribution in [-0.2, 0) is 11.2 Å². The van der Waals surface area contributed by atoms with Gasteiger partial charge in [0.25, 0.3) is 0 Å². The molecule has 2 N–H and O–H groups in total. The summed E-state index contributed by atoms with van der Waals surface area (Å²) in [6.07, 6.45) is 3.77. The molecule has 36 heavy (non-hydrogen) atoms. The van der Waals surface area contributed by atoms with Gasteiger partial charge in [-0.15, -0.1) is 0 Å². The van der Waals surface area contributed by atoms with Crippen LogP contribution in [0.1, 0.15) is 36.8 Å². The Bertz CT molecular complexity index is 1240. The van der Waals surface area contributed by atoms with Gasteiger partial charge in [0.2, 0.25) is 0 Å². The molecule has 5 nitrogen and oxygen atoms in total. The van der Waals surface area contributed by atoms with Crippen molar-refractivity contribution in [2.75, 3.05) is 25.0 Å². The molecule has 0 spiro atoms. The lowest BCUT2D eigenvalue weighted by Gasteiger charge is -2.35. The summed E-state index contributed by atoms with van der Waals surface area (Å²) in [5.74, 6) is -0.260. The summed E-state index contributed by atoms with van der Waals surface area (Å²) in [5.41, 5.74) is 12.7. The molecule has 0 saturated carbocycles. The number of rotatable bonds is 6. The first-order chi connectivity index (χ1) is 17.6. The Morgan fingerprint density at radius 2 is 1.69 bits per heavy atom. The van der Waals surface area contributed by atoms with Crippen LogP contribution in [-0.4, -0.2) is 33.8 Å². The predicted octanol–water partition coefficient (Wildman–Crippen LogP) is 6.76. The number of nitrogen functional groups attached to an aromatic ring is 1. The molecule has 1 aromatic heterocycles. The zero-order valence-electron chi connectivity index (χ0n) is 21.1. The molecule has 7 heteroatoms. The molecule has 4 aromatic rings. The van der Waals surface area contributed by atoms with Crippen LogP contribution in [0.15, 0.2) is 79.0 Å². The first kappa shape index (κ1) is 26.0. The van der Waals surface area contributed by atoms with Gasteiger partial charge in [0.1, 0.15) is 12.0 Å². The lowest BCUT2D eigenvalue weighted by atomic mass is 10.1. The summed E-state index contributed by atoms with van der Waals surface area (Å²) >= 11 is 0. The van der Waals surface area contributed by atoms with E-state index in [0.717, 1.165) is 47.3 Å². The fourth-order valence-corrected chi connectivity index (χ4v) is 5.30. The molecule has 0 amide bonds. The summed E-state index contributed by atoms with van der Waals surface area (Å²) in [4.78, 5) is 0. The normalized spacial score (nSPS) is 16.5. The third kappa shape index (κ3) is 6.19. The summed E-state index contributed by atoms with van der Waals surface area (Å²) in [6.45, 7) is 7.64. The average molecular weight is 505 g/mol. The highest BCUT2D eigenvalue weighted by atomic mass is 31.1. The predicted molar refractivity (Wildman–Crippen MR) is 148 cm³/mol. The maximum Gasteiger partial charge on any atom is 0.143 e. The third-order valence-electron chi connectivity index (χ3n) is 6.02. The van der Waals surface area contributed by atoms with E-state index < -0.39 is 0 Å². The molecule has 0 radical (unpaired) electrons. The van der Waals surface area contributed by atoms with Gasteiger partial charge in [0.15, 0.2) is 0 Å². The molecule has 1 aliphatic rings. The number of anilines is 1. The van der Waals surface area contributed by atoms with Crippen molar-refractivity contribution in [2.24, 2.45) is 0 Å². The van der Waals surface area contributed by atoms with Crippen LogP contribution in [0.5, 0.6) is 0 Å². The highest BCUT2D eigenvalue weighted by Crippen LogP contribution is 2.40. The SMILES string of the molecule is CC.Cc1ccc(-n2cc(C3OCCPN3CCc3ccc(N)cc3)c(-c3ccc(F)cc3)n2)cc1. The molecular weight excluding hydrogens is 470 g/mol. The Labute approximate surface area is 214 Å². The van der Waals surface area contributed by atoms with E-state index >= 15 is 0 Å². The highest BCUT2D eigenvalue weighted by Gasteiger charge is 2.29. The number of aromatic nitrogens is 2. The minimum atomic E-state index is -0.260. The first-order valence-corrected chi connectivity index (χ1v) is 13.6. The third-order valence-corrected chi connectivity index (χ3v) is 7.31. The number of ether oxygens (including phenoxy) is 1. The Balaban J connectivity index is 0.00000148. The number of hydrogen-bond acceptors (Lipinski definition) is 4. The van der Waals surface area contributed by atoms with Gasteiger partial charge in [0, 0.05) is 35.7 Å². The maximum atomic E-state index is 13.6. The van der Waals surface area contributed by atoms with Crippen molar-refractivity contribution in [3.05, 3.63) is 102 Å². The lowest BCUT2D eigenvalue weighted by molar-refractivity contribution is -0.0217. The second-order valence-electron chi connectivity index (χ2n) is 8.54. The molecule has 0 aliphatic carbocycles. The molecule has 188 valence electrons. The fourth-order valence-electron chi connectivity index (χ4n) is 4.15. The van der Waals surface area contributed by atoms with Gasteiger partial charge in [-0.2, -0.15) is 5.10 Å². The van der Waals surface area contributed by atoms with Gasteiger partial charge >= 0.3 is 0 Å². The van der Waals surface area contributed by atoms with E-state index in [2.05, 4.69) is 54.2 Å². The summed E-state index contributed by atoms with van der Waals surface area (Å²) in [5, 5.41) is 4.92. The topological polar surface area (TPSA) is 56.3 Å². The minimum absolute atomic E-state index is 0.208. The number of nitrogens with two attached hydrogens (primary N) is 1. The van der Waals surface area contributed by atoms with E-state index in [1.165, 1.54) is 23.3 Å². The van der Waals surface area contributed by atoms with Gasteiger partial charge in [-0.25, -0.2) is 9.07 Å². The molecule has 3 aromatic carbocycles. The second kappa shape index (κ2) is 12.3. The van der Waals surface area contributed by atoms with Crippen LogP contribution in [0, 0.1) is 12.7 Å². The molecule has 1 aliphatic heterocycles. The number of nitrogens with zero attached hydrogens (tertiary/aromatic N) is 3. The van der Waals surface area contributed by atoms with Crippen molar-refractivity contribution in [3.8, 4) is 16.9 Å². The molecule has 1 fully saturated rings. The first-order valence-electron chi connectivity index (χ1n) is 12.5. The van der Waals surface area contributed by atoms with Crippen LogP contribution >= 0.6 is 8.73 Å². The van der Waals surface area contributed by atoms with E-state index in [-0.39, 0.29) is 12.0 Å². The van der Waals surface area contributed by atoms with Crippen LogP contribution in [0.2, 0.25) is 0 Å². The minimum Gasteiger partial charge on any atom is -0.399 e. The van der Waals surface area contributed by atoms with Crippen LogP contribution in [0.25, 0.3) is 16.9 Å². The zero-order valence-corrected chi connectivity index (χ0v) is 22.1. The smallest absolute Gasteiger partial charge is 0.143 e. The quantitative estimate of drug-likeness (QED) is 0.233. The molecule has 2 unspecified atom stereocenters. The second-order valence-corrected chi connectivity index (χ2v) is 9.93. The number of hydrogen-bond donors (Lipinski definition) is 1. The largest absolute Gasteiger partial charge is 0.399 e. The van der Waals surface area contributed by atoms with Crippen LogP contribution < -0.4 is 5.73 Å². The average Bonchev–Trinajstić information content (AvgIpc) is 3.36. The Kier molecular flexibility index (Phi) is 8.87. The van der Waals surface area contributed by atoms with Crippen molar-refractivity contribution in [3.63, 3.8) is 0 Å². The fraction of sp³-hybridized carbons (Fsp3) is 0.276. The highest BCUT2D eigenvalue weighted by molar-refractivity contribution is 7.35. The molecule has 1 saturated heterocycles. The van der Waals surface area contributed by atoms with E-state index in [1.807, 2.05) is 30.7 Å². The number of benzene rings is 3. The summed E-state index contributed by atoms with van der Waals surface area (Å²) in [7, 11) is 0.661. The van der Waals surface area contributed by atoms with Gasteiger partial charge in [-0.3, -0.25) is 4.67 Å². The van der Waals surface area contributed by atoms with E-state index in [0.29, 0.717) is 15.3 Å². The zero-order chi connectivity index (χ0) is 25.5. The standard InChI is InChI=1S/C27H28FN4OP.C2H6/c1-19-2-12-24(13-3-19)31-18-25(26(30-31)21-6-8-22(28)9-7-21)27-32(34-17-16-33-27)15-14-20-4-10-23(29)11-5-20;1-2/h2-13,18,27,34H,14-17,29H2,1H3;1-2H3. The monoisotopic (exact) mass is 504 g/mol. The van der Waals surface area contributed by atoms with Gasteiger partial charge in [-0.05, 0) is 76.2 Å². The lowest BCUT2D eigenvalue weighted by Crippen LogP contribution is -2.31. The Morgan fingerprint density at radius 3 is 2.39 bits per heavy atom. The van der Waals surface area contributed by atoms with E-state index in [1.54, 1.807) is 12.1 Å². The van der Waals surface area contributed by atoms with Crippen molar-refractivity contribution >= 4 is 14.4 Å². The molecule has 2 atom stereocenters. The Hall–Kier alpha value is -3.05. The van der Waals surface area contributed by atoms with Gasteiger partial charge in [-0.1, -0.05) is 43.7 Å². The molecular formula is C29H34FN4OP. The van der Waals surface area contributed by atoms with Crippen molar-refractivity contribution in [2.45, 2.75) is 33.4 Å². The maximum absolute atomic E-state index is 13.6. The van der Waals surface area contributed by atoms with Crippen molar-refractivity contribution in [1.29, 1.82) is 0 Å². The number of halogens is 1. The number of aryl methyl sites for hydroxylation is 1. The van der Waals surface area contributed by atoms with Crippen molar-refractivity contribution < 1.29 is 9.13 Å². The summed E-state index contributed by atoms with van der Waals surface area (Å²) in [6, 6.07) is 22.8. The van der Waals surface area contributed by atoms with E-state index in [4.69, 9.17) is 15.6 Å². The Morgan fingerprint density at radius 1 is 1.00 bits per heavy atom. The molecule has 0 bridgehead atoms. The summed E-state index contributed by atoms with van der Waals surface area (Å²) < 4.78 is 24.3. The van der Waals surface area contributed by atoms with Crippen molar-refractivity contribution in [1.82, 2.24) is 14.5 Å².